The monoisotopic (exact) mass is 451 g/mol. The number of nitrogens with zero attached hydrogens (tertiary/aromatic N) is 4. The molecule has 0 amide bonds. The zero-order valence-corrected chi connectivity index (χ0v) is 19.3. The maximum Gasteiger partial charge on any atom is 0.224 e. The van der Waals surface area contributed by atoms with E-state index in [0.29, 0.717) is 35.2 Å². The van der Waals surface area contributed by atoms with Crippen LogP contribution in [0, 0.1) is 5.82 Å². The summed E-state index contributed by atoms with van der Waals surface area (Å²) in [6.07, 6.45) is 11.5. The van der Waals surface area contributed by atoms with Crippen molar-refractivity contribution in [3.8, 4) is 0 Å². The molecule has 3 aromatic rings. The average molecular weight is 452 g/mol. The quantitative estimate of drug-likeness (QED) is 0.343. The molecule has 1 atom stereocenters. The van der Waals surface area contributed by atoms with Crippen molar-refractivity contribution in [1.29, 1.82) is 0 Å². The number of aromatic nitrogens is 4. The van der Waals surface area contributed by atoms with Gasteiger partial charge in [-0.1, -0.05) is 31.6 Å². The summed E-state index contributed by atoms with van der Waals surface area (Å²) in [6, 6.07) is 7.40. The summed E-state index contributed by atoms with van der Waals surface area (Å²) in [4.78, 5) is 14.1. The summed E-state index contributed by atoms with van der Waals surface area (Å²) in [5, 5.41) is 6.69. The molecule has 0 spiro atoms. The summed E-state index contributed by atoms with van der Waals surface area (Å²) in [6.45, 7) is 6.05. The first kappa shape index (κ1) is 23.2. The largest absolute Gasteiger partial charge is 0.351 e. The Morgan fingerprint density at radius 2 is 2.00 bits per heavy atom. The molecule has 1 saturated carbocycles. The minimum atomic E-state index is -0.321. The van der Waals surface area contributed by atoms with Crippen LogP contribution in [-0.2, 0) is 0 Å². The normalized spacial score (nSPS) is 19.4. The minimum Gasteiger partial charge on any atom is -0.351 e. The van der Waals surface area contributed by atoms with Crippen LogP contribution in [-0.4, -0.2) is 31.6 Å². The predicted octanol–water partition coefficient (Wildman–Crippen LogP) is 5.70. The van der Waals surface area contributed by atoms with E-state index in [1.807, 2.05) is 6.08 Å². The van der Waals surface area contributed by atoms with Gasteiger partial charge in [0.05, 0.1) is 11.9 Å². The Morgan fingerprint density at radius 3 is 2.73 bits per heavy atom. The van der Waals surface area contributed by atoms with E-state index < -0.39 is 0 Å². The van der Waals surface area contributed by atoms with Gasteiger partial charge in [0, 0.05) is 18.1 Å². The lowest BCUT2D eigenvalue weighted by atomic mass is 9.92. The second-order valence-corrected chi connectivity index (χ2v) is 8.88. The third-order valence-electron chi connectivity index (χ3n) is 6.35. The van der Waals surface area contributed by atoms with Gasteiger partial charge in [-0.05, 0) is 57.1 Å². The number of nitrogens with one attached hydrogen (secondary N) is 2. The number of halogens is 1. The maximum absolute atomic E-state index is 14.4. The van der Waals surface area contributed by atoms with Crippen molar-refractivity contribution in [3.05, 3.63) is 48.9 Å². The summed E-state index contributed by atoms with van der Waals surface area (Å²) in [5.41, 5.74) is 7.87. The fourth-order valence-electron chi connectivity index (χ4n) is 4.57. The molecular formula is C25H34FN7. The van der Waals surface area contributed by atoms with Crippen molar-refractivity contribution < 1.29 is 4.39 Å². The molecule has 0 bridgehead atoms. The van der Waals surface area contributed by atoms with E-state index in [0.717, 1.165) is 57.0 Å². The predicted molar refractivity (Wildman–Crippen MR) is 132 cm³/mol. The fourth-order valence-corrected chi connectivity index (χ4v) is 4.57. The molecule has 4 N–H and O–H groups in total. The van der Waals surface area contributed by atoms with Crippen LogP contribution in [0.25, 0.3) is 11.2 Å². The number of allylic oxidation sites excluding steroid dienone is 1. The van der Waals surface area contributed by atoms with Crippen molar-refractivity contribution in [2.24, 2.45) is 5.73 Å². The van der Waals surface area contributed by atoms with E-state index in [4.69, 9.17) is 15.7 Å². The van der Waals surface area contributed by atoms with Gasteiger partial charge in [-0.25, -0.2) is 14.4 Å². The average Bonchev–Trinajstić information content (AvgIpc) is 3.17. The van der Waals surface area contributed by atoms with Gasteiger partial charge in [0.1, 0.15) is 11.3 Å². The van der Waals surface area contributed by atoms with Crippen LogP contribution >= 0.6 is 0 Å². The van der Waals surface area contributed by atoms with Crippen LogP contribution in [0.1, 0.15) is 64.3 Å². The molecule has 2 heterocycles. The van der Waals surface area contributed by atoms with Gasteiger partial charge >= 0.3 is 0 Å². The Hall–Kier alpha value is -3.00. The van der Waals surface area contributed by atoms with E-state index >= 15 is 0 Å². The number of fused-ring (bicyclic) bond motifs is 1. The first-order valence-electron chi connectivity index (χ1n) is 12.0. The van der Waals surface area contributed by atoms with Crippen molar-refractivity contribution in [2.75, 3.05) is 10.6 Å². The van der Waals surface area contributed by atoms with Gasteiger partial charge in [-0.15, -0.1) is 6.58 Å². The number of benzene rings is 1. The highest BCUT2D eigenvalue weighted by Crippen LogP contribution is 2.32. The standard InChI is InChI=1S/C25H34FN7/c1-3-5-9-19(8-4-2)33-23-22(31-25(33)30-21-11-7-6-10-20(21)26)16-28-24(32-23)29-18-14-12-17(27)13-15-18/h3,6-7,10-11,16-19H,1,4-5,8-9,12-15,27H2,2H3,(H,30,31)(H,28,29,32)/t17-,18-,19?. The molecule has 176 valence electrons. The first-order chi connectivity index (χ1) is 16.1. The Morgan fingerprint density at radius 1 is 1.21 bits per heavy atom. The number of hydrogen-bond donors (Lipinski definition) is 3. The molecular weight excluding hydrogens is 417 g/mol. The van der Waals surface area contributed by atoms with Crippen molar-refractivity contribution >= 4 is 28.7 Å². The van der Waals surface area contributed by atoms with Crippen LogP contribution in [0.2, 0.25) is 0 Å². The van der Waals surface area contributed by atoms with E-state index in [1.54, 1.807) is 24.4 Å². The molecule has 8 heteroatoms. The smallest absolute Gasteiger partial charge is 0.224 e. The molecule has 0 saturated heterocycles. The molecule has 1 aromatic carbocycles. The lowest BCUT2D eigenvalue weighted by molar-refractivity contribution is 0.409. The lowest BCUT2D eigenvalue weighted by Crippen LogP contribution is -2.33. The van der Waals surface area contributed by atoms with Gasteiger partial charge in [-0.2, -0.15) is 4.98 Å². The summed E-state index contributed by atoms with van der Waals surface area (Å²) < 4.78 is 16.5. The Labute approximate surface area is 194 Å². The topological polar surface area (TPSA) is 93.7 Å². The molecule has 1 aliphatic rings. The fraction of sp³-hybridized carbons (Fsp3) is 0.480. The lowest BCUT2D eigenvalue weighted by Gasteiger charge is -2.26. The zero-order valence-electron chi connectivity index (χ0n) is 19.3. The number of imidazole rings is 1. The molecule has 0 aliphatic heterocycles. The van der Waals surface area contributed by atoms with Crippen LogP contribution < -0.4 is 16.4 Å². The second-order valence-electron chi connectivity index (χ2n) is 8.88. The number of para-hydroxylation sites is 1. The number of rotatable bonds is 10. The van der Waals surface area contributed by atoms with Crippen molar-refractivity contribution in [1.82, 2.24) is 19.5 Å². The maximum atomic E-state index is 14.4. The third-order valence-corrected chi connectivity index (χ3v) is 6.35. The van der Waals surface area contributed by atoms with Gasteiger partial charge in [0.2, 0.25) is 11.9 Å². The summed E-state index contributed by atoms with van der Waals surface area (Å²) in [5.74, 6) is 0.853. The molecule has 33 heavy (non-hydrogen) atoms. The minimum absolute atomic E-state index is 0.155. The molecule has 4 rings (SSSR count). The zero-order chi connectivity index (χ0) is 23.2. The molecule has 2 aromatic heterocycles. The molecule has 1 unspecified atom stereocenters. The Balaban J connectivity index is 1.72. The van der Waals surface area contributed by atoms with Gasteiger partial charge in [0.15, 0.2) is 5.65 Å². The molecule has 1 aliphatic carbocycles. The van der Waals surface area contributed by atoms with Crippen molar-refractivity contribution in [3.63, 3.8) is 0 Å². The Bertz CT molecular complexity index is 1070. The molecule has 7 nitrogen and oxygen atoms in total. The van der Waals surface area contributed by atoms with Crippen LogP contribution in [0.3, 0.4) is 0 Å². The van der Waals surface area contributed by atoms with Crippen LogP contribution in [0.5, 0.6) is 0 Å². The molecule has 0 radical (unpaired) electrons. The highest BCUT2D eigenvalue weighted by atomic mass is 19.1. The summed E-state index contributed by atoms with van der Waals surface area (Å²) >= 11 is 0. The van der Waals surface area contributed by atoms with E-state index in [-0.39, 0.29) is 11.9 Å². The second kappa shape index (κ2) is 10.7. The van der Waals surface area contributed by atoms with Crippen LogP contribution in [0.15, 0.2) is 43.1 Å². The van der Waals surface area contributed by atoms with Gasteiger partial charge in [-0.3, -0.25) is 4.57 Å². The third kappa shape index (κ3) is 5.50. The van der Waals surface area contributed by atoms with Gasteiger partial charge in [0.25, 0.3) is 0 Å². The van der Waals surface area contributed by atoms with E-state index in [9.17, 15) is 4.39 Å². The van der Waals surface area contributed by atoms with Gasteiger partial charge < -0.3 is 16.4 Å². The van der Waals surface area contributed by atoms with Crippen LogP contribution in [0.4, 0.5) is 22.0 Å². The number of hydrogen-bond acceptors (Lipinski definition) is 6. The number of nitrogens with two attached hydrogens (primary N) is 1. The summed E-state index contributed by atoms with van der Waals surface area (Å²) in [7, 11) is 0. The van der Waals surface area contributed by atoms with E-state index in [2.05, 4.69) is 33.7 Å². The van der Waals surface area contributed by atoms with E-state index in [1.165, 1.54) is 6.07 Å². The Kier molecular flexibility index (Phi) is 7.54. The molecule has 1 fully saturated rings. The number of anilines is 3. The highest BCUT2D eigenvalue weighted by molar-refractivity contribution is 5.76. The SMILES string of the molecule is C=CCCC(CCC)n1c(Nc2ccccc2F)nc2cnc(N[C@H]3CC[C@H](N)CC3)nc21. The highest BCUT2D eigenvalue weighted by Gasteiger charge is 2.23. The van der Waals surface area contributed by atoms with Crippen molar-refractivity contribution in [2.45, 2.75) is 76.4 Å². The first-order valence-corrected chi connectivity index (χ1v) is 12.0.